The van der Waals surface area contributed by atoms with Crippen LogP contribution in [0.2, 0.25) is 0 Å². The van der Waals surface area contributed by atoms with Gasteiger partial charge in [0.05, 0.1) is 17.8 Å². The van der Waals surface area contributed by atoms with E-state index >= 15 is 0 Å². The van der Waals surface area contributed by atoms with Crippen LogP contribution in [0.5, 0.6) is 0 Å². The van der Waals surface area contributed by atoms with Crippen molar-refractivity contribution in [1.29, 1.82) is 0 Å². The first-order chi connectivity index (χ1) is 15.9. The summed E-state index contributed by atoms with van der Waals surface area (Å²) >= 11 is 2.45. The molecule has 2 amide bonds. The zero-order chi connectivity index (χ0) is 23.4. The average molecular weight is 483 g/mol. The lowest BCUT2D eigenvalue weighted by Crippen LogP contribution is -2.24. The predicted molar refractivity (Wildman–Crippen MR) is 129 cm³/mol. The van der Waals surface area contributed by atoms with E-state index in [2.05, 4.69) is 15.6 Å². The summed E-state index contributed by atoms with van der Waals surface area (Å²) in [6, 6.07) is 14.5. The first kappa shape index (κ1) is 22.7. The minimum absolute atomic E-state index is 0.0237. The van der Waals surface area contributed by atoms with Gasteiger partial charge in [-0.15, -0.1) is 11.3 Å². The molecule has 4 rings (SSSR count). The standard InChI is InChI=1S/C23H19FN4O3S2/c1-14(29)25-17-3-2-4-18(11-17)26-20(30)13-33-23-27-19-9-10-32-21(19)22(31)28(23)12-15-5-7-16(24)8-6-15/h2-11H,12-13H2,1H3,(H,25,29)(H,26,30). The highest BCUT2D eigenvalue weighted by atomic mass is 32.2. The Bertz CT molecular complexity index is 1380. The van der Waals surface area contributed by atoms with Gasteiger partial charge in [-0.05, 0) is 47.3 Å². The molecule has 33 heavy (non-hydrogen) atoms. The zero-order valence-electron chi connectivity index (χ0n) is 17.5. The first-order valence-electron chi connectivity index (χ1n) is 9.92. The second-order valence-electron chi connectivity index (χ2n) is 7.15. The summed E-state index contributed by atoms with van der Waals surface area (Å²) in [6.45, 7) is 1.62. The van der Waals surface area contributed by atoms with E-state index in [-0.39, 0.29) is 35.5 Å². The Morgan fingerprint density at radius 1 is 1.09 bits per heavy atom. The second kappa shape index (κ2) is 9.97. The number of anilines is 2. The normalized spacial score (nSPS) is 10.8. The summed E-state index contributed by atoms with van der Waals surface area (Å²) in [5, 5.41) is 7.64. The van der Waals surface area contributed by atoms with E-state index < -0.39 is 0 Å². The largest absolute Gasteiger partial charge is 0.326 e. The molecule has 7 nitrogen and oxygen atoms in total. The number of halogens is 1. The highest BCUT2D eigenvalue weighted by Crippen LogP contribution is 2.22. The number of nitrogens with one attached hydrogen (secondary N) is 2. The maximum Gasteiger partial charge on any atom is 0.272 e. The van der Waals surface area contributed by atoms with Crippen molar-refractivity contribution in [3.63, 3.8) is 0 Å². The number of benzene rings is 2. The van der Waals surface area contributed by atoms with Gasteiger partial charge in [-0.2, -0.15) is 0 Å². The third-order valence-corrected chi connectivity index (χ3v) is 6.45. The van der Waals surface area contributed by atoms with Gasteiger partial charge in [0.1, 0.15) is 10.5 Å². The number of carbonyl (C=O) groups excluding carboxylic acids is 2. The van der Waals surface area contributed by atoms with E-state index in [1.807, 2.05) is 0 Å². The van der Waals surface area contributed by atoms with Crippen LogP contribution >= 0.6 is 23.1 Å². The Hall–Kier alpha value is -3.50. The van der Waals surface area contributed by atoms with Gasteiger partial charge < -0.3 is 10.6 Å². The van der Waals surface area contributed by atoms with Gasteiger partial charge in [-0.3, -0.25) is 19.0 Å². The molecule has 0 saturated carbocycles. The molecule has 2 N–H and O–H groups in total. The molecular formula is C23H19FN4O3S2. The highest BCUT2D eigenvalue weighted by molar-refractivity contribution is 7.99. The molecule has 0 radical (unpaired) electrons. The second-order valence-corrected chi connectivity index (χ2v) is 9.00. The quantitative estimate of drug-likeness (QED) is 0.302. The fraction of sp³-hybridized carbons (Fsp3) is 0.130. The molecular weight excluding hydrogens is 463 g/mol. The van der Waals surface area contributed by atoms with Crippen molar-refractivity contribution < 1.29 is 14.0 Å². The lowest BCUT2D eigenvalue weighted by atomic mass is 10.2. The van der Waals surface area contributed by atoms with Crippen molar-refractivity contribution in [2.24, 2.45) is 0 Å². The number of hydrogen-bond donors (Lipinski definition) is 2. The van der Waals surface area contributed by atoms with Crippen LogP contribution < -0.4 is 16.2 Å². The van der Waals surface area contributed by atoms with Crippen molar-refractivity contribution in [3.05, 3.63) is 81.7 Å². The molecule has 0 bridgehead atoms. The highest BCUT2D eigenvalue weighted by Gasteiger charge is 2.15. The van der Waals surface area contributed by atoms with Crippen LogP contribution in [-0.2, 0) is 16.1 Å². The van der Waals surface area contributed by atoms with E-state index in [0.29, 0.717) is 26.7 Å². The van der Waals surface area contributed by atoms with Crippen LogP contribution in [0.25, 0.3) is 10.2 Å². The van der Waals surface area contributed by atoms with Gasteiger partial charge in [0, 0.05) is 18.3 Å². The number of amides is 2. The summed E-state index contributed by atoms with van der Waals surface area (Å²) in [5.41, 5.74) is 2.23. The number of carbonyl (C=O) groups is 2. The van der Waals surface area contributed by atoms with E-state index in [4.69, 9.17) is 0 Å². The number of thiophene rings is 1. The third-order valence-electron chi connectivity index (χ3n) is 4.58. The molecule has 0 aliphatic rings. The molecule has 0 aliphatic carbocycles. The Morgan fingerprint density at radius 3 is 2.55 bits per heavy atom. The molecule has 168 valence electrons. The maximum absolute atomic E-state index is 13.3. The smallest absolute Gasteiger partial charge is 0.272 e. The van der Waals surface area contributed by atoms with Crippen LogP contribution in [0.1, 0.15) is 12.5 Å². The lowest BCUT2D eigenvalue weighted by molar-refractivity contribution is -0.114. The molecule has 0 spiro atoms. The van der Waals surface area contributed by atoms with Crippen molar-refractivity contribution in [1.82, 2.24) is 9.55 Å². The minimum Gasteiger partial charge on any atom is -0.326 e. The Kier molecular flexibility index (Phi) is 6.85. The number of hydrogen-bond acceptors (Lipinski definition) is 6. The van der Waals surface area contributed by atoms with Gasteiger partial charge in [0.25, 0.3) is 5.56 Å². The monoisotopic (exact) mass is 482 g/mol. The molecule has 4 aromatic rings. The van der Waals surface area contributed by atoms with E-state index in [1.54, 1.807) is 47.8 Å². The predicted octanol–water partition coefficient (Wildman–Crippen LogP) is 4.33. The van der Waals surface area contributed by atoms with Crippen molar-refractivity contribution in [2.45, 2.75) is 18.6 Å². The molecule has 0 atom stereocenters. The third kappa shape index (κ3) is 5.65. The van der Waals surface area contributed by atoms with Crippen LogP contribution in [0.3, 0.4) is 0 Å². The summed E-state index contributed by atoms with van der Waals surface area (Å²) in [6.07, 6.45) is 0. The maximum atomic E-state index is 13.3. The number of fused-ring (bicyclic) bond motifs is 1. The molecule has 10 heteroatoms. The lowest BCUT2D eigenvalue weighted by Gasteiger charge is -2.12. The first-order valence-corrected chi connectivity index (χ1v) is 11.8. The Balaban J connectivity index is 1.53. The van der Waals surface area contributed by atoms with Gasteiger partial charge in [0.15, 0.2) is 5.16 Å². The molecule has 2 aromatic carbocycles. The summed E-state index contributed by atoms with van der Waals surface area (Å²) < 4.78 is 15.3. The van der Waals surface area contributed by atoms with Crippen molar-refractivity contribution in [2.75, 3.05) is 16.4 Å². The summed E-state index contributed by atoms with van der Waals surface area (Å²) in [5.74, 6) is -0.821. The number of nitrogens with zero attached hydrogens (tertiary/aromatic N) is 2. The fourth-order valence-electron chi connectivity index (χ4n) is 3.15. The minimum atomic E-state index is -0.355. The van der Waals surface area contributed by atoms with Gasteiger partial charge >= 0.3 is 0 Å². The molecule has 2 aromatic heterocycles. The molecule has 0 aliphatic heterocycles. The van der Waals surface area contributed by atoms with Crippen LogP contribution in [-0.4, -0.2) is 27.1 Å². The molecule has 0 fully saturated rings. The summed E-state index contributed by atoms with van der Waals surface area (Å²) in [7, 11) is 0. The number of thioether (sulfide) groups is 1. The zero-order valence-corrected chi connectivity index (χ0v) is 19.1. The van der Waals surface area contributed by atoms with Gasteiger partial charge in [0.2, 0.25) is 11.8 Å². The van der Waals surface area contributed by atoms with Crippen molar-refractivity contribution in [3.8, 4) is 0 Å². The Labute approximate surface area is 196 Å². The van der Waals surface area contributed by atoms with Crippen LogP contribution in [0.15, 0.2) is 69.9 Å². The van der Waals surface area contributed by atoms with Crippen molar-refractivity contribution >= 4 is 56.5 Å². The number of aromatic nitrogens is 2. The van der Waals surface area contributed by atoms with Crippen LogP contribution in [0.4, 0.5) is 15.8 Å². The molecule has 0 saturated heterocycles. The van der Waals surface area contributed by atoms with Crippen LogP contribution in [0, 0.1) is 5.82 Å². The SMILES string of the molecule is CC(=O)Nc1cccc(NC(=O)CSc2nc3ccsc3c(=O)n2Cc2ccc(F)cc2)c1. The molecule has 0 unspecified atom stereocenters. The topological polar surface area (TPSA) is 93.1 Å². The summed E-state index contributed by atoms with van der Waals surface area (Å²) in [4.78, 5) is 41.4. The Morgan fingerprint density at radius 2 is 1.82 bits per heavy atom. The molecule has 2 heterocycles. The van der Waals surface area contributed by atoms with Gasteiger partial charge in [-0.25, -0.2) is 9.37 Å². The van der Waals surface area contributed by atoms with E-state index in [1.165, 1.54) is 35.0 Å². The fourth-order valence-corrected chi connectivity index (χ4v) is 4.73. The average Bonchev–Trinajstić information content (AvgIpc) is 3.24. The van der Waals surface area contributed by atoms with E-state index in [9.17, 15) is 18.8 Å². The van der Waals surface area contributed by atoms with E-state index in [0.717, 1.165) is 17.3 Å². The van der Waals surface area contributed by atoms with Gasteiger partial charge in [-0.1, -0.05) is 30.0 Å². The number of rotatable bonds is 7.